The van der Waals surface area contributed by atoms with Crippen LogP contribution in [0.15, 0.2) is 53.5 Å². The third kappa shape index (κ3) is 4.12. The Morgan fingerprint density at radius 2 is 1.91 bits per heavy atom. The van der Waals surface area contributed by atoms with Gasteiger partial charge in [0.05, 0.1) is 13.7 Å². The largest absolute Gasteiger partial charge is 0.493 e. The highest BCUT2D eigenvalue weighted by Crippen LogP contribution is 2.34. The number of rotatable bonds is 7. The second kappa shape index (κ2) is 8.01. The maximum absolute atomic E-state index is 9.35. The summed E-state index contributed by atoms with van der Waals surface area (Å²) in [5.74, 6) is 1.32. The van der Waals surface area contributed by atoms with Crippen molar-refractivity contribution in [3.63, 3.8) is 0 Å². The maximum atomic E-state index is 9.35. The van der Waals surface area contributed by atoms with Crippen LogP contribution in [-0.2, 0) is 19.6 Å². The van der Waals surface area contributed by atoms with E-state index in [4.69, 9.17) is 9.47 Å². The van der Waals surface area contributed by atoms with Crippen molar-refractivity contribution >= 4 is 15.9 Å². The van der Waals surface area contributed by atoms with E-state index in [2.05, 4.69) is 22.5 Å². The molecule has 0 spiro atoms. The fourth-order valence-corrected chi connectivity index (χ4v) is 2.44. The van der Waals surface area contributed by atoms with Crippen molar-refractivity contribution in [3.05, 3.63) is 70.2 Å². The van der Waals surface area contributed by atoms with Crippen molar-refractivity contribution < 1.29 is 14.6 Å². The molecule has 22 heavy (non-hydrogen) atoms. The van der Waals surface area contributed by atoms with Gasteiger partial charge in [-0.2, -0.15) is 0 Å². The molecule has 0 atom stereocenters. The molecular formula is C18H19BrO3. The van der Waals surface area contributed by atoms with Crippen molar-refractivity contribution in [2.45, 2.75) is 19.6 Å². The van der Waals surface area contributed by atoms with Gasteiger partial charge in [-0.25, -0.2) is 0 Å². The minimum Gasteiger partial charge on any atom is -0.493 e. The van der Waals surface area contributed by atoms with Gasteiger partial charge in [0.2, 0.25) is 0 Å². The van der Waals surface area contributed by atoms with Crippen LogP contribution in [0.3, 0.4) is 0 Å². The van der Waals surface area contributed by atoms with E-state index >= 15 is 0 Å². The van der Waals surface area contributed by atoms with Crippen LogP contribution in [0.4, 0.5) is 0 Å². The fourth-order valence-electron chi connectivity index (χ4n) is 2.17. The Balaban J connectivity index is 2.27. The van der Waals surface area contributed by atoms with Gasteiger partial charge < -0.3 is 14.6 Å². The summed E-state index contributed by atoms with van der Waals surface area (Å²) < 4.78 is 12.4. The number of hydrogen-bond donors (Lipinski definition) is 1. The molecule has 0 saturated heterocycles. The summed E-state index contributed by atoms with van der Waals surface area (Å²) in [6, 6.07) is 11.7. The van der Waals surface area contributed by atoms with Gasteiger partial charge in [0.1, 0.15) is 6.61 Å². The van der Waals surface area contributed by atoms with Gasteiger partial charge >= 0.3 is 0 Å². The lowest BCUT2D eigenvalue weighted by molar-refractivity contribution is 0.272. The van der Waals surface area contributed by atoms with Crippen LogP contribution in [0.5, 0.6) is 11.5 Å². The van der Waals surface area contributed by atoms with Crippen molar-refractivity contribution in [2.24, 2.45) is 0 Å². The zero-order chi connectivity index (χ0) is 15.9. The Kier molecular flexibility index (Phi) is 6.04. The van der Waals surface area contributed by atoms with Gasteiger partial charge in [0.25, 0.3) is 0 Å². The van der Waals surface area contributed by atoms with Crippen LogP contribution < -0.4 is 9.47 Å². The Morgan fingerprint density at radius 1 is 1.18 bits per heavy atom. The Bertz CT molecular complexity index is 636. The van der Waals surface area contributed by atoms with Crippen molar-refractivity contribution in [1.29, 1.82) is 0 Å². The third-order valence-corrected chi connectivity index (χ3v) is 3.78. The molecule has 0 aromatic heterocycles. The highest BCUT2D eigenvalue weighted by molar-refractivity contribution is 9.10. The molecule has 1 N–H and O–H groups in total. The van der Waals surface area contributed by atoms with Crippen molar-refractivity contribution in [3.8, 4) is 11.5 Å². The first-order valence-corrected chi connectivity index (χ1v) is 7.76. The monoisotopic (exact) mass is 362 g/mol. The number of hydrogen-bond acceptors (Lipinski definition) is 3. The van der Waals surface area contributed by atoms with Crippen LogP contribution in [-0.4, -0.2) is 12.2 Å². The van der Waals surface area contributed by atoms with E-state index in [0.717, 1.165) is 21.2 Å². The number of aliphatic hydroxyl groups is 1. The number of allylic oxidation sites excluding steroid dienone is 1. The first-order valence-electron chi connectivity index (χ1n) is 6.96. The predicted molar refractivity (Wildman–Crippen MR) is 91.3 cm³/mol. The molecule has 2 aromatic carbocycles. The van der Waals surface area contributed by atoms with E-state index in [-0.39, 0.29) is 6.61 Å². The van der Waals surface area contributed by atoms with Crippen molar-refractivity contribution in [2.75, 3.05) is 7.11 Å². The van der Waals surface area contributed by atoms with Gasteiger partial charge in [-0.1, -0.05) is 34.1 Å². The van der Waals surface area contributed by atoms with Crippen LogP contribution in [0.2, 0.25) is 0 Å². The van der Waals surface area contributed by atoms with E-state index in [1.165, 1.54) is 0 Å². The molecular weight excluding hydrogens is 344 g/mol. The molecule has 0 aliphatic heterocycles. The Morgan fingerprint density at radius 3 is 2.50 bits per heavy atom. The van der Waals surface area contributed by atoms with Gasteiger partial charge in [0, 0.05) is 10.0 Å². The summed E-state index contributed by atoms with van der Waals surface area (Å²) >= 11 is 3.42. The van der Waals surface area contributed by atoms with Gasteiger partial charge in [-0.05, 0) is 41.8 Å². The topological polar surface area (TPSA) is 38.7 Å². The minimum absolute atomic E-state index is 0.0342. The number of methoxy groups -OCH3 is 1. The molecule has 2 rings (SSSR count). The number of benzene rings is 2. The maximum Gasteiger partial charge on any atom is 0.165 e. The Labute approximate surface area is 139 Å². The first kappa shape index (κ1) is 16.6. The quantitative estimate of drug-likeness (QED) is 0.748. The lowest BCUT2D eigenvalue weighted by Crippen LogP contribution is -2.02. The van der Waals surface area contributed by atoms with E-state index in [1.54, 1.807) is 13.2 Å². The SMILES string of the molecule is C=CCc1cc(CO)cc(OC)c1OCc1ccc(Br)cc1. The molecule has 0 unspecified atom stereocenters. The molecule has 0 bridgehead atoms. The summed E-state index contributed by atoms with van der Waals surface area (Å²) in [6.45, 7) is 4.19. The summed E-state index contributed by atoms with van der Waals surface area (Å²) in [5, 5.41) is 9.35. The van der Waals surface area contributed by atoms with E-state index in [9.17, 15) is 5.11 Å². The van der Waals surface area contributed by atoms with Gasteiger partial charge in [-0.3, -0.25) is 0 Å². The zero-order valence-corrected chi connectivity index (χ0v) is 14.1. The molecule has 0 aliphatic rings. The number of halogens is 1. The van der Waals surface area contributed by atoms with Gasteiger partial charge in [0.15, 0.2) is 11.5 Å². The second-order valence-electron chi connectivity index (χ2n) is 4.85. The lowest BCUT2D eigenvalue weighted by atomic mass is 10.1. The zero-order valence-electron chi connectivity index (χ0n) is 12.5. The molecule has 0 radical (unpaired) electrons. The highest BCUT2D eigenvalue weighted by atomic mass is 79.9. The van der Waals surface area contributed by atoms with Crippen LogP contribution >= 0.6 is 15.9 Å². The molecule has 116 valence electrons. The number of aliphatic hydroxyl groups excluding tert-OH is 1. The molecule has 0 heterocycles. The fraction of sp³-hybridized carbons (Fsp3) is 0.222. The molecule has 0 saturated carbocycles. The van der Waals surface area contributed by atoms with E-state index in [0.29, 0.717) is 24.5 Å². The molecule has 0 fully saturated rings. The second-order valence-corrected chi connectivity index (χ2v) is 5.77. The Hall–Kier alpha value is -1.78. The van der Waals surface area contributed by atoms with Crippen LogP contribution in [0.1, 0.15) is 16.7 Å². The predicted octanol–water partition coefficient (Wildman–Crippen LogP) is 4.26. The first-order chi connectivity index (χ1) is 10.7. The lowest BCUT2D eigenvalue weighted by Gasteiger charge is -2.16. The average molecular weight is 363 g/mol. The molecule has 2 aromatic rings. The molecule has 3 nitrogen and oxygen atoms in total. The average Bonchev–Trinajstić information content (AvgIpc) is 2.54. The summed E-state index contributed by atoms with van der Waals surface area (Å²) in [5.41, 5.74) is 2.82. The van der Waals surface area contributed by atoms with E-state index in [1.807, 2.05) is 36.4 Å². The van der Waals surface area contributed by atoms with Crippen LogP contribution in [0, 0.1) is 0 Å². The normalized spacial score (nSPS) is 10.3. The summed E-state index contributed by atoms with van der Waals surface area (Å²) in [4.78, 5) is 0. The standard InChI is InChI=1S/C18H19BrO3/c1-3-4-15-9-14(11-20)10-17(21-2)18(15)22-12-13-5-7-16(19)8-6-13/h3,5-10,20H,1,4,11-12H2,2H3. The molecule has 0 amide bonds. The highest BCUT2D eigenvalue weighted by Gasteiger charge is 2.12. The molecule has 4 heteroatoms. The minimum atomic E-state index is -0.0342. The van der Waals surface area contributed by atoms with Crippen molar-refractivity contribution in [1.82, 2.24) is 0 Å². The van der Waals surface area contributed by atoms with E-state index < -0.39 is 0 Å². The molecule has 0 aliphatic carbocycles. The summed E-state index contributed by atoms with van der Waals surface area (Å²) in [7, 11) is 1.60. The summed E-state index contributed by atoms with van der Waals surface area (Å²) in [6.07, 6.45) is 2.46. The van der Waals surface area contributed by atoms with Crippen LogP contribution in [0.25, 0.3) is 0 Å². The van der Waals surface area contributed by atoms with Gasteiger partial charge in [-0.15, -0.1) is 6.58 Å². The third-order valence-electron chi connectivity index (χ3n) is 3.25. The number of ether oxygens (including phenoxy) is 2. The smallest absolute Gasteiger partial charge is 0.165 e.